The molecular formula is C18H22N2O4. The maximum absolute atomic E-state index is 12.6. The Morgan fingerprint density at radius 3 is 3.08 bits per heavy atom. The number of hydrogen-bond donors (Lipinski definition) is 1. The fourth-order valence-corrected chi connectivity index (χ4v) is 4.05. The Kier molecular flexibility index (Phi) is 3.82. The minimum Gasteiger partial charge on any atom is -0.454 e. The van der Waals surface area contributed by atoms with Crippen molar-refractivity contribution >= 4 is 11.8 Å². The van der Waals surface area contributed by atoms with Crippen LogP contribution in [0.25, 0.3) is 0 Å². The molecule has 0 aromatic heterocycles. The van der Waals surface area contributed by atoms with Crippen molar-refractivity contribution < 1.29 is 19.1 Å². The summed E-state index contributed by atoms with van der Waals surface area (Å²) in [4.78, 5) is 26.1. The number of nitrogens with zero attached hydrogens (tertiary/aromatic N) is 1. The molecule has 0 bridgehead atoms. The van der Waals surface area contributed by atoms with Crippen LogP contribution in [0.15, 0.2) is 18.2 Å². The molecule has 2 amide bonds. The van der Waals surface area contributed by atoms with Gasteiger partial charge in [0, 0.05) is 37.9 Å². The number of carbonyl (C=O) groups is 2. The number of rotatable bonds is 3. The summed E-state index contributed by atoms with van der Waals surface area (Å²) in [7, 11) is 0. The van der Waals surface area contributed by atoms with Crippen LogP contribution in [0.2, 0.25) is 0 Å². The fraction of sp³-hybridized carbons (Fsp3) is 0.556. The Hall–Kier alpha value is -2.24. The van der Waals surface area contributed by atoms with Crippen molar-refractivity contribution in [2.45, 2.75) is 32.1 Å². The van der Waals surface area contributed by atoms with Gasteiger partial charge in [0.25, 0.3) is 0 Å². The quantitative estimate of drug-likeness (QED) is 0.911. The van der Waals surface area contributed by atoms with Gasteiger partial charge in [-0.2, -0.15) is 0 Å². The summed E-state index contributed by atoms with van der Waals surface area (Å²) in [6, 6.07) is 5.79. The highest BCUT2D eigenvalue weighted by atomic mass is 16.7. The summed E-state index contributed by atoms with van der Waals surface area (Å²) in [5.74, 6) is 1.80. The molecule has 1 atom stereocenters. The van der Waals surface area contributed by atoms with Crippen LogP contribution < -0.4 is 14.8 Å². The van der Waals surface area contributed by atoms with Crippen LogP contribution in [0.1, 0.15) is 31.2 Å². The van der Waals surface area contributed by atoms with Gasteiger partial charge in [-0.15, -0.1) is 0 Å². The van der Waals surface area contributed by atoms with Crippen LogP contribution in [0.4, 0.5) is 0 Å². The number of fused-ring (bicyclic) bond motifs is 1. The van der Waals surface area contributed by atoms with E-state index in [0.717, 1.165) is 36.4 Å². The van der Waals surface area contributed by atoms with Gasteiger partial charge < -0.3 is 19.7 Å². The summed E-state index contributed by atoms with van der Waals surface area (Å²) >= 11 is 0. The van der Waals surface area contributed by atoms with Gasteiger partial charge in [-0.25, -0.2) is 0 Å². The molecule has 1 N–H and O–H groups in total. The number of aryl methyl sites for hydroxylation is 1. The van der Waals surface area contributed by atoms with Crippen LogP contribution in [0.3, 0.4) is 0 Å². The number of piperidine rings is 1. The molecule has 0 radical (unpaired) electrons. The lowest BCUT2D eigenvalue weighted by Crippen LogP contribution is -2.47. The molecule has 3 aliphatic rings. The summed E-state index contributed by atoms with van der Waals surface area (Å²) in [5.41, 5.74) is 0.971. The maximum atomic E-state index is 12.6. The van der Waals surface area contributed by atoms with Crippen molar-refractivity contribution in [3.63, 3.8) is 0 Å². The molecule has 24 heavy (non-hydrogen) atoms. The highest BCUT2D eigenvalue weighted by Crippen LogP contribution is 2.37. The first-order chi connectivity index (χ1) is 11.7. The molecule has 1 aromatic carbocycles. The Morgan fingerprint density at radius 1 is 1.33 bits per heavy atom. The lowest BCUT2D eigenvalue weighted by molar-refractivity contribution is -0.135. The zero-order valence-electron chi connectivity index (χ0n) is 13.7. The van der Waals surface area contributed by atoms with Gasteiger partial charge in [0.15, 0.2) is 11.5 Å². The molecule has 3 heterocycles. The molecule has 2 fully saturated rings. The number of carbonyl (C=O) groups excluding carboxylic acids is 2. The third-order valence-corrected chi connectivity index (χ3v) is 5.30. The average Bonchev–Trinajstić information content (AvgIpc) is 3.20. The van der Waals surface area contributed by atoms with Crippen LogP contribution >= 0.6 is 0 Å². The molecule has 6 nitrogen and oxygen atoms in total. The normalized spacial score (nSPS) is 25.2. The SMILES string of the molecule is O=C1C[C@@]2(CCCN(C(=O)CCc3cccc4c3OCO4)C2)CN1. The van der Waals surface area contributed by atoms with E-state index in [1.54, 1.807) is 0 Å². The van der Waals surface area contributed by atoms with Crippen LogP contribution in [0, 0.1) is 5.41 Å². The second-order valence-electron chi connectivity index (χ2n) is 7.02. The molecule has 3 aliphatic heterocycles. The summed E-state index contributed by atoms with van der Waals surface area (Å²) < 4.78 is 10.9. The third kappa shape index (κ3) is 2.81. The molecule has 0 aliphatic carbocycles. The van der Waals surface area contributed by atoms with Gasteiger partial charge in [-0.05, 0) is 30.9 Å². The standard InChI is InChI=1S/C18H22N2O4/c21-15-9-18(10-19-15)7-2-8-20(11-18)16(22)6-5-13-3-1-4-14-17(13)24-12-23-14/h1,3-4H,2,5-12H2,(H,19,21)/t18-/m0/s1. The monoisotopic (exact) mass is 330 g/mol. The van der Waals surface area contributed by atoms with E-state index in [0.29, 0.717) is 32.4 Å². The lowest BCUT2D eigenvalue weighted by Gasteiger charge is -2.39. The summed E-state index contributed by atoms with van der Waals surface area (Å²) in [5, 5.41) is 2.92. The van der Waals surface area contributed by atoms with Gasteiger partial charge in [0.05, 0.1) is 0 Å². The molecule has 128 valence electrons. The maximum Gasteiger partial charge on any atom is 0.231 e. The number of amides is 2. The summed E-state index contributed by atoms with van der Waals surface area (Å²) in [6.45, 7) is 2.43. The van der Waals surface area contributed by atoms with Crippen LogP contribution in [-0.4, -0.2) is 43.1 Å². The molecular weight excluding hydrogens is 308 g/mol. The zero-order chi connectivity index (χ0) is 16.6. The number of para-hydroxylation sites is 1. The molecule has 0 unspecified atom stereocenters. The minimum atomic E-state index is -0.0457. The predicted molar refractivity (Wildman–Crippen MR) is 86.8 cm³/mol. The number of nitrogens with one attached hydrogen (secondary N) is 1. The Bertz CT molecular complexity index is 675. The van der Waals surface area contributed by atoms with Gasteiger partial charge in [-0.3, -0.25) is 9.59 Å². The number of ether oxygens (including phenoxy) is 2. The first kappa shape index (κ1) is 15.3. The first-order valence-corrected chi connectivity index (χ1v) is 8.57. The first-order valence-electron chi connectivity index (χ1n) is 8.57. The molecule has 1 aromatic rings. The van der Waals surface area contributed by atoms with E-state index in [1.165, 1.54) is 0 Å². The van der Waals surface area contributed by atoms with Crippen molar-refractivity contribution in [2.75, 3.05) is 26.4 Å². The number of benzene rings is 1. The number of likely N-dealkylation sites (tertiary alicyclic amines) is 1. The number of hydrogen-bond acceptors (Lipinski definition) is 4. The van der Waals surface area contributed by atoms with E-state index >= 15 is 0 Å². The van der Waals surface area contributed by atoms with Gasteiger partial charge in [0.2, 0.25) is 18.6 Å². The average molecular weight is 330 g/mol. The molecule has 0 saturated carbocycles. The van der Waals surface area contributed by atoms with Gasteiger partial charge >= 0.3 is 0 Å². The van der Waals surface area contributed by atoms with Crippen molar-refractivity contribution in [2.24, 2.45) is 5.41 Å². The van der Waals surface area contributed by atoms with Gasteiger partial charge in [0.1, 0.15) is 0 Å². The zero-order valence-corrected chi connectivity index (χ0v) is 13.7. The Labute approximate surface area is 141 Å². The van der Waals surface area contributed by atoms with Crippen molar-refractivity contribution in [1.82, 2.24) is 10.2 Å². The molecule has 6 heteroatoms. The Morgan fingerprint density at radius 2 is 2.25 bits per heavy atom. The van der Waals surface area contributed by atoms with Crippen molar-refractivity contribution in [3.05, 3.63) is 23.8 Å². The van der Waals surface area contributed by atoms with Crippen molar-refractivity contribution in [1.29, 1.82) is 0 Å². The van der Waals surface area contributed by atoms with E-state index in [9.17, 15) is 9.59 Å². The lowest BCUT2D eigenvalue weighted by atomic mass is 9.79. The molecule has 2 saturated heterocycles. The molecule has 4 rings (SSSR count). The van der Waals surface area contributed by atoms with Crippen molar-refractivity contribution in [3.8, 4) is 11.5 Å². The highest BCUT2D eigenvalue weighted by molar-refractivity contribution is 5.80. The van der Waals surface area contributed by atoms with Crippen LogP contribution in [-0.2, 0) is 16.0 Å². The molecule has 1 spiro atoms. The van der Waals surface area contributed by atoms with E-state index in [2.05, 4.69) is 5.32 Å². The van der Waals surface area contributed by atoms with Crippen LogP contribution in [0.5, 0.6) is 11.5 Å². The van der Waals surface area contributed by atoms with E-state index < -0.39 is 0 Å². The van der Waals surface area contributed by atoms with Gasteiger partial charge in [-0.1, -0.05) is 12.1 Å². The largest absolute Gasteiger partial charge is 0.454 e. The smallest absolute Gasteiger partial charge is 0.231 e. The van der Waals surface area contributed by atoms with E-state index in [4.69, 9.17) is 9.47 Å². The van der Waals surface area contributed by atoms with E-state index in [1.807, 2.05) is 23.1 Å². The topological polar surface area (TPSA) is 67.9 Å². The second-order valence-corrected chi connectivity index (χ2v) is 7.02. The fourth-order valence-electron chi connectivity index (χ4n) is 4.05. The Balaban J connectivity index is 1.38. The predicted octanol–water partition coefficient (Wildman–Crippen LogP) is 1.48. The minimum absolute atomic E-state index is 0.0457. The summed E-state index contributed by atoms with van der Waals surface area (Å²) in [6.07, 6.45) is 3.64. The van der Waals surface area contributed by atoms with E-state index in [-0.39, 0.29) is 24.0 Å². The highest BCUT2D eigenvalue weighted by Gasteiger charge is 2.42. The second kappa shape index (κ2) is 6.00. The third-order valence-electron chi connectivity index (χ3n) is 5.30.